The molecule has 0 N–H and O–H groups in total. The van der Waals surface area contributed by atoms with Gasteiger partial charge in [0.15, 0.2) is 12.7 Å². The van der Waals surface area contributed by atoms with Gasteiger partial charge in [-0.1, -0.05) is 11.6 Å². The highest BCUT2D eigenvalue weighted by Gasteiger charge is 2.22. The highest BCUT2D eigenvalue weighted by Crippen LogP contribution is 2.35. The van der Waals surface area contributed by atoms with E-state index in [1.54, 1.807) is 0 Å². The molecule has 0 radical (unpaired) electrons. The van der Waals surface area contributed by atoms with Crippen LogP contribution in [0.2, 0.25) is 5.02 Å². The van der Waals surface area contributed by atoms with Gasteiger partial charge in [-0.05, 0) is 34.7 Å². The highest BCUT2D eigenvalue weighted by molar-refractivity contribution is 14.1. The lowest BCUT2D eigenvalue weighted by atomic mass is 10.2. The van der Waals surface area contributed by atoms with Gasteiger partial charge in [-0.25, -0.2) is 0 Å². The summed E-state index contributed by atoms with van der Waals surface area (Å²) in [6.45, 7) is 1.72. The van der Waals surface area contributed by atoms with Gasteiger partial charge < -0.3 is 4.74 Å². The molecule has 1 aromatic carbocycles. The highest BCUT2D eigenvalue weighted by atomic mass is 127. The minimum absolute atomic E-state index is 0.707. The number of pyridine rings is 1. The van der Waals surface area contributed by atoms with Gasteiger partial charge in [-0.2, -0.15) is 4.57 Å². The summed E-state index contributed by atoms with van der Waals surface area (Å²) in [6.07, 6.45) is 3.11. The monoisotopic (exact) mass is 346 g/mol. The number of hydrogen-bond acceptors (Lipinski definition) is 1. The first kappa shape index (κ1) is 10.6. The van der Waals surface area contributed by atoms with E-state index in [1.807, 2.05) is 6.07 Å². The van der Waals surface area contributed by atoms with Crippen molar-refractivity contribution in [3.05, 3.63) is 33.0 Å². The lowest BCUT2D eigenvalue weighted by Gasteiger charge is -2.06. The number of halogens is 2. The van der Waals surface area contributed by atoms with E-state index >= 15 is 0 Å². The van der Waals surface area contributed by atoms with Crippen LogP contribution in [0.4, 0.5) is 0 Å². The molecule has 0 amide bonds. The van der Waals surface area contributed by atoms with Crippen molar-refractivity contribution < 1.29 is 9.30 Å². The van der Waals surface area contributed by atoms with E-state index in [9.17, 15) is 0 Å². The lowest BCUT2D eigenvalue weighted by molar-refractivity contribution is -0.670. The molecule has 0 saturated heterocycles. The summed E-state index contributed by atoms with van der Waals surface area (Å²) in [6, 6.07) is 6.16. The molecular weight excluding hydrogens is 336 g/mol. The van der Waals surface area contributed by atoms with Gasteiger partial charge in [0.1, 0.15) is 0 Å². The normalized spacial score (nSPS) is 14.6. The van der Waals surface area contributed by atoms with E-state index in [4.69, 9.17) is 16.3 Å². The molecular formula is C12H10ClINO+. The predicted octanol–water partition coefficient (Wildman–Crippen LogP) is 3.17. The van der Waals surface area contributed by atoms with Crippen LogP contribution in [-0.4, -0.2) is 6.61 Å². The fourth-order valence-corrected chi connectivity index (χ4v) is 3.28. The van der Waals surface area contributed by atoms with Crippen LogP contribution in [0.15, 0.2) is 24.4 Å². The van der Waals surface area contributed by atoms with Crippen molar-refractivity contribution in [3.63, 3.8) is 0 Å². The quantitative estimate of drug-likeness (QED) is 0.527. The minimum atomic E-state index is 0.707. The molecule has 1 aromatic heterocycles. The van der Waals surface area contributed by atoms with Crippen molar-refractivity contribution in [1.29, 1.82) is 0 Å². The third-order valence-electron chi connectivity index (χ3n) is 2.80. The fourth-order valence-electron chi connectivity index (χ4n) is 2.10. The van der Waals surface area contributed by atoms with Crippen LogP contribution in [0.3, 0.4) is 0 Å². The summed E-state index contributed by atoms with van der Waals surface area (Å²) in [7, 11) is 0. The molecule has 2 heterocycles. The number of hydrogen-bond donors (Lipinski definition) is 0. The summed E-state index contributed by atoms with van der Waals surface area (Å²) in [5, 5.41) is 1.92. The van der Waals surface area contributed by atoms with Gasteiger partial charge >= 0.3 is 0 Å². The van der Waals surface area contributed by atoms with E-state index in [-0.39, 0.29) is 0 Å². The first-order chi connectivity index (χ1) is 7.77. The standard InChI is InChI=1S/C12H10ClINO/c13-9-7-10(14)8-3-1-4-15-5-2-6-16-12(9)11(8)15/h1,3-4,7H,2,5-6H2/q+1. The lowest BCUT2D eigenvalue weighted by Crippen LogP contribution is -2.33. The van der Waals surface area contributed by atoms with E-state index in [0.29, 0.717) is 5.02 Å². The number of rotatable bonds is 0. The maximum absolute atomic E-state index is 6.24. The zero-order valence-corrected chi connectivity index (χ0v) is 11.5. The van der Waals surface area contributed by atoms with Gasteiger partial charge in [0.2, 0.25) is 5.75 Å². The first-order valence-corrected chi connectivity index (χ1v) is 6.66. The van der Waals surface area contributed by atoms with Gasteiger partial charge in [0, 0.05) is 16.1 Å². The van der Waals surface area contributed by atoms with E-state index in [1.165, 1.54) is 8.96 Å². The van der Waals surface area contributed by atoms with Crippen molar-refractivity contribution in [2.75, 3.05) is 6.61 Å². The van der Waals surface area contributed by atoms with Crippen LogP contribution < -0.4 is 9.30 Å². The maximum atomic E-state index is 6.24. The molecule has 0 unspecified atom stereocenters. The zero-order chi connectivity index (χ0) is 11.1. The summed E-state index contributed by atoms with van der Waals surface area (Å²) < 4.78 is 9.15. The third-order valence-corrected chi connectivity index (χ3v) is 3.98. The van der Waals surface area contributed by atoms with Gasteiger partial charge in [0.25, 0.3) is 5.52 Å². The molecule has 82 valence electrons. The number of aryl methyl sites for hydroxylation is 1. The molecule has 4 heteroatoms. The Morgan fingerprint density at radius 1 is 1.44 bits per heavy atom. The van der Waals surface area contributed by atoms with Gasteiger partial charge in [-0.3, -0.25) is 0 Å². The Kier molecular flexibility index (Phi) is 2.67. The predicted molar refractivity (Wildman–Crippen MR) is 72.0 cm³/mol. The molecule has 0 fully saturated rings. The summed E-state index contributed by atoms with van der Waals surface area (Å²) in [4.78, 5) is 0. The number of aromatic nitrogens is 1. The average Bonchev–Trinajstić information content (AvgIpc) is 2.49. The van der Waals surface area contributed by atoms with Crippen LogP contribution in [0.1, 0.15) is 6.42 Å². The largest absolute Gasteiger partial charge is 0.486 e. The molecule has 3 rings (SSSR count). The van der Waals surface area contributed by atoms with Crippen LogP contribution >= 0.6 is 34.2 Å². The van der Waals surface area contributed by atoms with Crippen LogP contribution in [0.5, 0.6) is 5.75 Å². The number of ether oxygens (including phenoxy) is 1. The minimum Gasteiger partial charge on any atom is -0.486 e. The molecule has 0 saturated carbocycles. The molecule has 1 aliphatic rings. The van der Waals surface area contributed by atoms with Crippen molar-refractivity contribution in [2.24, 2.45) is 0 Å². The van der Waals surface area contributed by atoms with E-state index < -0.39 is 0 Å². The second-order valence-electron chi connectivity index (χ2n) is 3.84. The Bertz CT molecular complexity index is 570. The Morgan fingerprint density at radius 3 is 3.19 bits per heavy atom. The smallest absolute Gasteiger partial charge is 0.257 e. The number of nitrogens with zero attached hydrogens (tertiary/aromatic N) is 1. The van der Waals surface area contributed by atoms with Crippen LogP contribution in [0, 0.1) is 3.57 Å². The SMILES string of the molecule is Clc1cc(I)c2ccc[n+]3c2c1OCCC3. The van der Waals surface area contributed by atoms with Crippen molar-refractivity contribution in [2.45, 2.75) is 13.0 Å². The Hall–Kier alpha value is -0.550. The summed E-state index contributed by atoms with van der Waals surface area (Å²) in [5.41, 5.74) is 1.12. The molecule has 0 atom stereocenters. The Balaban J connectivity index is 2.48. The van der Waals surface area contributed by atoms with E-state index in [0.717, 1.165) is 30.8 Å². The summed E-state index contributed by atoms with van der Waals surface area (Å²) in [5.74, 6) is 0.829. The Morgan fingerprint density at radius 2 is 2.31 bits per heavy atom. The van der Waals surface area contributed by atoms with Gasteiger partial charge in [0.05, 0.1) is 17.0 Å². The molecule has 0 bridgehead atoms. The fraction of sp³-hybridized carbons (Fsp3) is 0.250. The topological polar surface area (TPSA) is 13.1 Å². The first-order valence-electron chi connectivity index (χ1n) is 5.20. The second kappa shape index (κ2) is 4.04. The van der Waals surface area contributed by atoms with Crippen LogP contribution in [-0.2, 0) is 6.54 Å². The molecule has 0 spiro atoms. The number of benzene rings is 1. The zero-order valence-electron chi connectivity index (χ0n) is 8.54. The van der Waals surface area contributed by atoms with Crippen molar-refractivity contribution in [1.82, 2.24) is 0 Å². The second-order valence-corrected chi connectivity index (χ2v) is 5.40. The van der Waals surface area contributed by atoms with E-state index in [2.05, 4.69) is 45.5 Å². The van der Waals surface area contributed by atoms with Crippen molar-refractivity contribution >= 4 is 45.1 Å². The molecule has 0 aliphatic carbocycles. The molecule has 16 heavy (non-hydrogen) atoms. The summed E-state index contributed by atoms with van der Waals surface area (Å²) >= 11 is 8.56. The van der Waals surface area contributed by atoms with Gasteiger partial charge in [-0.15, -0.1) is 0 Å². The molecule has 2 nitrogen and oxygen atoms in total. The molecule has 2 aromatic rings. The average molecular weight is 347 g/mol. The molecule has 1 aliphatic heterocycles. The van der Waals surface area contributed by atoms with Crippen LogP contribution in [0.25, 0.3) is 10.9 Å². The maximum Gasteiger partial charge on any atom is 0.257 e. The van der Waals surface area contributed by atoms with Crippen molar-refractivity contribution in [3.8, 4) is 5.75 Å². The third kappa shape index (κ3) is 1.57. The Labute approximate surface area is 112 Å².